The summed E-state index contributed by atoms with van der Waals surface area (Å²) < 4.78 is 50.5. The van der Waals surface area contributed by atoms with Gasteiger partial charge in [0.25, 0.3) is 0 Å². The predicted octanol–water partition coefficient (Wildman–Crippen LogP) is 4.81. The van der Waals surface area contributed by atoms with Gasteiger partial charge in [0.05, 0.1) is 38.2 Å². The Labute approximate surface area is 251 Å². The van der Waals surface area contributed by atoms with Crippen LogP contribution in [0.1, 0.15) is 36.8 Å². The van der Waals surface area contributed by atoms with E-state index in [9.17, 15) is 13.6 Å². The summed E-state index contributed by atoms with van der Waals surface area (Å²) in [7, 11) is 0. The maximum Gasteiger partial charge on any atom is 0.216 e. The van der Waals surface area contributed by atoms with Crippen LogP contribution >= 0.6 is 0 Å². The maximum atomic E-state index is 13.7. The van der Waals surface area contributed by atoms with Crippen molar-refractivity contribution in [1.82, 2.24) is 10.6 Å². The number of benzene rings is 3. The van der Waals surface area contributed by atoms with E-state index < -0.39 is 11.6 Å². The first kappa shape index (κ1) is 30.6. The van der Waals surface area contributed by atoms with Gasteiger partial charge in [-0.3, -0.25) is 4.79 Å². The molecule has 2 aliphatic rings. The molecule has 0 saturated carbocycles. The molecule has 8 nitrogen and oxygen atoms in total. The predicted molar refractivity (Wildman–Crippen MR) is 160 cm³/mol. The van der Waals surface area contributed by atoms with Gasteiger partial charge in [-0.2, -0.15) is 0 Å². The largest absolute Gasteiger partial charge is 0.493 e. The number of rotatable bonds is 13. The number of nitrogens with one attached hydrogen (secondary N) is 2. The number of carbonyl (C=O) groups is 1. The molecule has 5 rings (SSSR count). The Morgan fingerprint density at radius 1 is 1.07 bits per heavy atom. The lowest BCUT2D eigenvalue weighted by Crippen LogP contribution is -2.41. The molecule has 43 heavy (non-hydrogen) atoms. The summed E-state index contributed by atoms with van der Waals surface area (Å²) >= 11 is 0. The third-order valence-electron chi connectivity index (χ3n) is 7.65. The van der Waals surface area contributed by atoms with Gasteiger partial charge in [-0.15, -0.1) is 0 Å². The molecule has 0 spiro atoms. The Hall–Kier alpha value is -3.89. The van der Waals surface area contributed by atoms with Crippen LogP contribution in [0.5, 0.6) is 17.2 Å². The maximum absolute atomic E-state index is 13.7. The molecule has 2 unspecified atom stereocenters. The van der Waals surface area contributed by atoms with E-state index >= 15 is 0 Å². The van der Waals surface area contributed by atoms with E-state index in [0.29, 0.717) is 32.8 Å². The van der Waals surface area contributed by atoms with Crippen molar-refractivity contribution in [1.29, 1.82) is 0 Å². The minimum atomic E-state index is -0.586. The summed E-state index contributed by atoms with van der Waals surface area (Å²) in [6.45, 7) is 7.02. The molecule has 1 amide bonds. The molecule has 0 bridgehead atoms. The fourth-order valence-electron chi connectivity index (χ4n) is 5.43. The molecule has 2 N–H and O–H groups in total. The number of hydrogen-bond acceptors (Lipinski definition) is 7. The summed E-state index contributed by atoms with van der Waals surface area (Å²) in [5.74, 6) is 0.598. The van der Waals surface area contributed by atoms with Gasteiger partial charge < -0.3 is 34.5 Å². The topological polar surface area (TPSA) is 81.3 Å². The molecule has 2 atom stereocenters. The highest BCUT2D eigenvalue weighted by atomic mass is 19.1. The lowest BCUT2D eigenvalue weighted by Gasteiger charge is -2.33. The van der Waals surface area contributed by atoms with Crippen molar-refractivity contribution in [2.24, 2.45) is 0 Å². The molecular formula is C33H39F2N3O5. The third kappa shape index (κ3) is 8.58. The third-order valence-corrected chi connectivity index (χ3v) is 7.65. The first-order chi connectivity index (χ1) is 21.0. The highest BCUT2D eigenvalue weighted by Crippen LogP contribution is 2.34. The average molecular weight is 596 g/mol. The molecule has 230 valence electrons. The Kier molecular flexibility index (Phi) is 10.7. The first-order valence-electron chi connectivity index (χ1n) is 14.8. The van der Waals surface area contributed by atoms with Crippen LogP contribution in [0.4, 0.5) is 14.5 Å². The number of ether oxygens (including phenoxy) is 4. The summed E-state index contributed by atoms with van der Waals surface area (Å²) in [6.07, 6.45) is 1.52. The zero-order chi connectivity index (χ0) is 30.0. The van der Waals surface area contributed by atoms with Gasteiger partial charge in [0, 0.05) is 45.0 Å². The van der Waals surface area contributed by atoms with Crippen LogP contribution < -0.4 is 29.7 Å². The minimum absolute atomic E-state index is 0.0176. The number of halogens is 2. The summed E-state index contributed by atoms with van der Waals surface area (Å²) in [6, 6.07) is 17.4. The number of hydrogen-bond donors (Lipinski definition) is 2. The fraction of sp³-hybridized carbons (Fsp3) is 0.424. The van der Waals surface area contributed by atoms with Crippen LogP contribution in [0.15, 0.2) is 60.7 Å². The van der Waals surface area contributed by atoms with Crippen molar-refractivity contribution in [3.63, 3.8) is 0 Å². The number of amides is 1. The second-order valence-electron chi connectivity index (χ2n) is 10.8. The van der Waals surface area contributed by atoms with E-state index in [4.69, 9.17) is 18.9 Å². The normalized spacial score (nSPS) is 18.0. The number of carbonyl (C=O) groups excluding carboxylic acids is 1. The molecule has 1 fully saturated rings. The van der Waals surface area contributed by atoms with Crippen molar-refractivity contribution >= 4 is 11.6 Å². The van der Waals surface area contributed by atoms with Crippen molar-refractivity contribution in [2.45, 2.75) is 38.4 Å². The van der Waals surface area contributed by atoms with E-state index in [-0.39, 0.29) is 30.3 Å². The van der Waals surface area contributed by atoms with E-state index in [1.807, 2.05) is 24.3 Å². The quantitative estimate of drug-likeness (QED) is 0.275. The lowest BCUT2D eigenvalue weighted by molar-refractivity contribution is -0.118. The minimum Gasteiger partial charge on any atom is -0.493 e. The second kappa shape index (κ2) is 15.0. The van der Waals surface area contributed by atoms with Gasteiger partial charge in [-0.1, -0.05) is 18.2 Å². The second-order valence-corrected chi connectivity index (χ2v) is 10.8. The fourth-order valence-corrected chi connectivity index (χ4v) is 5.43. The van der Waals surface area contributed by atoms with Crippen molar-refractivity contribution in [2.75, 3.05) is 57.4 Å². The molecule has 0 aliphatic carbocycles. The Bertz CT molecular complexity index is 1360. The summed E-state index contributed by atoms with van der Waals surface area (Å²) in [5, 5.41) is 6.33. The van der Waals surface area contributed by atoms with Crippen molar-refractivity contribution in [3.05, 3.63) is 83.4 Å². The Balaban J connectivity index is 1.11. The standard InChI is InChI=1S/C33H39F2N3O5/c1-23(39)37-13-14-38-15-18-42-31-10-3-24(19-30(31)38)22-43-33-21-36-12-11-28(33)25-4-7-27(8-5-25)40-16-2-17-41-32-20-26(34)6-9-29(32)35/h3-10,19-20,28,33,36H,2,11-18,21-22H2,1H3,(H,37,39). The van der Waals surface area contributed by atoms with Crippen LogP contribution in [0, 0.1) is 11.6 Å². The van der Waals surface area contributed by atoms with Gasteiger partial charge in [0.15, 0.2) is 11.6 Å². The van der Waals surface area contributed by atoms with Crippen LogP contribution in [-0.2, 0) is 16.1 Å². The molecule has 0 aromatic heterocycles. The number of fused-ring (bicyclic) bond motifs is 1. The number of anilines is 1. The lowest BCUT2D eigenvalue weighted by atomic mass is 9.87. The summed E-state index contributed by atoms with van der Waals surface area (Å²) in [4.78, 5) is 13.5. The van der Waals surface area contributed by atoms with Crippen LogP contribution in [0.25, 0.3) is 0 Å². The molecule has 3 aromatic carbocycles. The van der Waals surface area contributed by atoms with Gasteiger partial charge in [-0.25, -0.2) is 8.78 Å². The monoisotopic (exact) mass is 595 g/mol. The highest BCUT2D eigenvalue weighted by molar-refractivity contribution is 5.72. The molecule has 2 heterocycles. The van der Waals surface area contributed by atoms with Gasteiger partial charge in [-0.05, 0) is 60.5 Å². The zero-order valence-corrected chi connectivity index (χ0v) is 24.5. The molecule has 0 radical (unpaired) electrons. The molecule has 10 heteroatoms. The highest BCUT2D eigenvalue weighted by Gasteiger charge is 2.27. The average Bonchev–Trinajstić information content (AvgIpc) is 3.02. The van der Waals surface area contributed by atoms with Crippen LogP contribution in [-0.4, -0.2) is 64.6 Å². The van der Waals surface area contributed by atoms with E-state index in [2.05, 4.69) is 33.7 Å². The molecule has 1 saturated heterocycles. The number of nitrogens with zero attached hydrogens (tertiary/aromatic N) is 1. The molecule has 3 aromatic rings. The van der Waals surface area contributed by atoms with Gasteiger partial charge >= 0.3 is 0 Å². The Morgan fingerprint density at radius 2 is 1.91 bits per heavy atom. The Morgan fingerprint density at radius 3 is 2.74 bits per heavy atom. The van der Waals surface area contributed by atoms with Crippen LogP contribution in [0.2, 0.25) is 0 Å². The summed E-state index contributed by atoms with van der Waals surface area (Å²) in [5.41, 5.74) is 3.30. The zero-order valence-electron chi connectivity index (χ0n) is 24.5. The van der Waals surface area contributed by atoms with Gasteiger partial charge in [0.1, 0.15) is 23.9 Å². The van der Waals surface area contributed by atoms with Crippen LogP contribution in [0.3, 0.4) is 0 Å². The van der Waals surface area contributed by atoms with Gasteiger partial charge in [0.2, 0.25) is 5.91 Å². The van der Waals surface area contributed by atoms with E-state index in [1.54, 1.807) is 0 Å². The van der Waals surface area contributed by atoms with E-state index in [1.165, 1.54) is 12.5 Å². The SMILES string of the molecule is CC(=O)NCCN1CCOc2ccc(COC3CNCCC3c3ccc(OCCCOc4cc(F)ccc4F)cc3)cc21. The van der Waals surface area contributed by atoms with Crippen molar-refractivity contribution < 1.29 is 32.5 Å². The van der Waals surface area contributed by atoms with E-state index in [0.717, 1.165) is 73.5 Å². The first-order valence-corrected chi connectivity index (χ1v) is 14.8. The molecule has 2 aliphatic heterocycles. The number of piperidine rings is 1. The van der Waals surface area contributed by atoms with Crippen molar-refractivity contribution in [3.8, 4) is 17.2 Å². The molecular weight excluding hydrogens is 556 g/mol. The smallest absolute Gasteiger partial charge is 0.216 e.